The number of aromatic nitrogens is 2. The first-order chi connectivity index (χ1) is 14.2. The quantitative estimate of drug-likeness (QED) is 0.860. The number of imidazole rings is 1. The maximum atomic E-state index is 12.7. The van der Waals surface area contributed by atoms with Crippen molar-refractivity contribution in [2.45, 2.75) is 32.0 Å². The van der Waals surface area contributed by atoms with Crippen molar-refractivity contribution in [3.63, 3.8) is 0 Å². The van der Waals surface area contributed by atoms with E-state index in [-0.39, 0.29) is 12.1 Å². The number of nitrogens with zero attached hydrogens (tertiary/aromatic N) is 4. The minimum atomic E-state index is 0.00300. The van der Waals surface area contributed by atoms with E-state index >= 15 is 0 Å². The molecule has 4 heterocycles. The second-order valence-corrected chi connectivity index (χ2v) is 8.02. The number of carbonyl (C=O) groups is 1. The molecule has 2 amide bonds. The Hall–Kier alpha value is -2.74. The van der Waals surface area contributed by atoms with Crippen molar-refractivity contribution in [2.75, 3.05) is 39.4 Å². The predicted molar refractivity (Wildman–Crippen MR) is 107 cm³/mol. The third-order valence-corrected chi connectivity index (χ3v) is 6.03. The summed E-state index contributed by atoms with van der Waals surface area (Å²) in [4.78, 5) is 21.5. The summed E-state index contributed by atoms with van der Waals surface area (Å²) in [5.74, 6) is 2.61. The Bertz CT molecular complexity index is 890. The van der Waals surface area contributed by atoms with Crippen LogP contribution >= 0.6 is 0 Å². The highest BCUT2D eigenvalue weighted by atomic mass is 16.6. The Labute approximate surface area is 170 Å². The van der Waals surface area contributed by atoms with Gasteiger partial charge in [-0.25, -0.2) is 9.78 Å². The van der Waals surface area contributed by atoms with E-state index in [1.807, 2.05) is 17.2 Å². The first-order valence-corrected chi connectivity index (χ1v) is 10.4. The first kappa shape index (κ1) is 18.3. The van der Waals surface area contributed by atoms with Crippen LogP contribution in [0.1, 0.15) is 36.8 Å². The molecule has 3 aliphatic heterocycles. The van der Waals surface area contributed by atoms with Crippen molar-refractivity contribution in [1.29, 1.82) is 0 Å². The highest BCUT2D eigenvalue weighted by molar-refractivity contribution is 5.74. The van der Waals surface area contributed by atoms with Gasteiger partial charge in [0.05, 0.1) is 6.04 Å². The van der Waals surface area contributed by atoms with E-state index < -0.39 is 0 Å². The molecule has 1 saturated heterocycles. The number of hydrogen-bond donors (Lipinski definition) is 1. The summed E-state index contributed by atoms with van der Waals surface area (Å²) in [6.45, 7) is 7.40. The van der Waals surface area contributed by atoms with Crippen molar-refractivity contribution in [2.24, 2.45) is 0 Å². The fraction of sp³-hybridized carbons (Fsp3) is 0.524. The number of hydrogen-bond acceptors (Lipinski definition) is 5. The van der Waals surface area contributed by atoms with Crippen LogP contribution in [0.3, 0.4) is 0 Å². The number of benzene rings is 1. The topological polar surface area (TPSA) is 71.9 Å². The second-order valence-electron chi connectivity index (χ2n) is 8.02. The van der Waals surface area contributed by atoms with Crippen LogP contribution in [0.25, 0.3) is 0 Å². The molecular weight excluding hydrogens is 370 g/mol. The van der Waals surface area contributed by atoms with Crippen LogP contribution in [-0.2, 0) is 6.54 Å². The van der Waals surface area contributed by atoms with Gasteiger partial charge in [0.1, 0.15) is 19.0 Å². The molecule has 5 rings (SSSR count). The van der Waals surface area contributed by atoms with Crippen LogP contribution in [0.2, 0.25) is 0 Å². The number of urea groups is 1. The van der Waals surface area contributed by atoms with Crippen LogP contribution in [0.4, 0.5) is 4.79 Å². The number of ether oxygens (including phenoxy) is 2. The van der Waals surface area contributed by atoms with Gasteiger partial charge in [0.25, 0.3) is 0 Å². The summed E-state index contributed by atoms with van der Waals surface area (Å²) in [5.41, 5.74) is 1.21. The molecule has 2 atom stereocenters. The standard InChI is InChI=1S/C21H27N5O3/c1-15-12-17(20-22-4-5-26(15)20)23-21(27)25-8-6-24(7-9-25)14-16-2-3-18-19(13-16)29-11-10-28-18/h2-5,13,15,17H,6-12,14H2,1H3,(H,23,27). The average molecular weight is 397 g/mol. The Kier molecular flexibility index (Phi) is 4.79. The average Bonchev–Trinajstić information content (AvgIpc) is 3.33. The molecule has 8 heteroatoms. The van der Waals surface area contributed by atoms with Gasteiger partial charge >= 0.3 is 6.03 Å². The number of fused-ring (bicyclic) bond motifs is 2. The SMILES string of the molecule is CC1CC(NC(=O)N2CCN(Cc3ccc4c(c3)OCCO4)CC2)c2nccn21. The lowest BCUT2D eigenvalue weighted by atomic mass is 10.1. The van der Waals surface area contributed by atoms with E-state index in [1.54, 1.807) is 6.20 Å². The predicted octanol–water partition coefficient (Wildman–Crippen LogP) is 2.19. The zero-order valence-electron chi connectivity index (χ0n) is 16.7. The molecule has 0 radical (unpaired) electrons. The Morgan fingerprint density at radius 3 is 2.79 bits per heavy atom. The molecule has 154 valence electrons. The molecule has 0 saturated carbocycles. The summed E-state index contributed by atoms with van der Waals surface area (Å²) in [6, 6.07) is 6.54. The zero-order valence-corrected chi connectivity index (χ0v) is 16.7. The van der Waals surface area contributed by atoms with Gasteiger partial charge in [0, 0.05) is 51.2 Å². The largest absolute Gasteiger partial charge is 0.486 e. The van der Waals surface area contributed by atoms with Crippen LogP contribution in [0.5, 0.6) is 11.5 Å². The zero-order chi connectivity index (χ0) is 19.8. The van der Waals surface area contributed by atoms with Crippen LogP contribution < -0.4 is 14.8 Å². The van der Waals surface area contributed by atoms with Crippen molar-refractivity contribution in [3.05, 3.63) is 42.0 Å². The lowest BCUT2D eigenvalue weighted by Gasteiger charge is -2.35. The summed E-state index contributed by atoms with van der Waals surface area (Å²) in [5, 5.41) is 3.17. The molecular formula is C21H27N5O3. The lowest BCUT2D eigenvalue weighted by molar-refractivity contribution is 0.132. The molecule has 1 aromatic heterocycles. The van der Waals surface area contributed by atoms with Gasteiger partial charge < -0.3 is 24.3 Å². The number of nitrogens with one attached hydrogen (secondary N) is 1. The van der Waals surface area contributed by atoms with Gasteiger partial charge in [-0.05, 0) is 31.0 Å². The molecule has 1 N–H and O–H groups in total. The van der Waals surface area contributed by atoms with Gasteiger partial charge in [0.15, 0.2) is 11.5 Å². The minimum Gasteiger partial charge on any atom is -0.486 e. The molecule has 2 unspecified atom stereocenters. The van der Waals surface area contributed by atoms with Crippen molar-refractivity contribution in [3.8, 4) is 11.5 Å². The van der Waals surface area contributed by atoms with E-state index in [0.717, 1.165) is 56.5 Å². The van der Waals surface area contributed by atoms with Gasteiger partial charge in [-0.3, -0.25) is 4.90 Å². The molecule has 0 aliphatic carbocycles. The third-order valence-electron chi connectivity index (χ3n) is 6.03. The Morgan fingerprint density at radius 2 is 1.97 bits per heavy atom. The van der Waals surface area contributed by atoms with Gasteiger partial charge in [-0.2, -0.15) is 0 Å². The number of piperazine rings is 1. The minimum absolute atomic E-state index is 0.00300. The van der Waals surface area contributed by atoms with Crippen molar-refractivity contribution >= 4 is 6.03 Å². The number of carbonyl (C=O) groups excluding carboxylic acids is 1. The highest BCUT2D eigenvalue weighted by Gasteiger charge is 2.32. The van der Waals surface area contributed by atoms with Crippen molar-refractivity contribution in [1.82, 2.24) is 24.7 Å². The van der Waals surface area contributed by atoms with Gasteiger partial charge in [-0.1, -0.05) is 6.07 Å². The Balaban J connectivity index is 1.13. The highest BCUT2D eigenvalue weighted by Crippen LogP contribution is 2.33. The van der Waals surface area contributed by atoms with Gasteiger partial charge in [0.2, 0.25) is 0 Å². The maximum Gasteiger partial charge on any atom is 0.318 e. The number of rotatable bonds is 3. The molecule has 1 aromatic carbocycles. The molecule has 1 fully saturated rings. The monoisotopic (exact) mass is 397 g/mol. The van der Waals surface area contributed by atoms with Crippen LogP contribution in [0, 0.1) is 0 Å². The lowest BCUT2D eigenvalue weighted by Crippen LogP contribution is -2.51. The van der Waals surface area contributed by atoms with E-state index in [0.29, 0.717) is 19.3 Å². The molecule has 0 spiro atoms. The summed E-state index contributed by atoms with van der Waals surface area (Å²) >= 11 is 0. The molecule has 29 heavy (non-hydrogen) atoms. The maximum absolute atomic E-state index is 12.7. The van der Waals surface area contributed by atoms with E-state index in [4.69, 9.17) is 9.47 Å². The fourth-order valence-corrected chi connectivity index (χ4v) is 4.44. The normalized spacial score (nSPS) is 23.7. The summed E-state index contributed by atoms with van der Waals surface area (Å²) in [7, 11) is 0. The smallest absolute Gasteiger partial charge is 0.318 e. The molecule has 8 nitrogen and oxygen atoms in total. The first-order valence-electron chi connectivity index (χ1n) is 10.4. The third kappa shape index (κ3) is 3.64. The van der Waals surface area contributed by atoms with Crippen molar-refractivity contribution < 1.29 is 14.3 Å². The Morgan fingerprint density at radius 1 is 1.17 bits per heavy atom. The summed E-state index contributed by atoms with van der Waals surface area (Å²) < 4.78 is 13.4. The van der Waals surface area contributed by atoms with E-state index in [2.05, 4.69) is 38.8 Å². The number of amides is 2. The van der Waals surface area contributed by atoms with E-state index in [9.17, 15) is 4.79 Å². The van der Waals surface area contributed by atoms with Crippen LogP contribution in [-0.4, -0.2) is 64.8 Å². The summed E-state index contributed by atoms with van der Waals surface area (Å²) in [6.07, 6.45) is 4.70. The van der Waals surface area contributed by atoms with Gasteiger partial charge in [-0.15, -0.1) is 0 Å². The second kappa shape index (κ2) is 7.59. The molecule has 0 bridgehead atoms. The van der Waals surface area contributed by atoms with E-state index in [1.165, 1.54) is 5.56 Å². The molecule has 3 aliphatic rings. The van der Waals surface area contributed by atoms with Crippen LogP contribution in [0.15, 0.2) is 30.6 Å². The fourth-order valence-electron chi connectivity index (χ4n) is 4.44. The molecule has 2 aromatic rings.